The number of carbonyl (C=O) groups is 2. The minimum Gasteiger partial charge on any atom is -0.465 e. The highest BCUT2D eigenvalue weighted by Crippen LogP contribution is 2.34. The number of hydrogen-bond acceptors (Lipinski definition) is 3. The Morgan fingerprint density at radius 2 is 2.00 bits per heavy atom. The minimum atomic E-state index is -0.169. The van der Waals surface area contributed by atoms with Crippen molar-refractivity contribution in [3.05, 3.63) is 23.8 Å². The smallest absolute Gasteiger partial charge is 0.306 e. The van der Waals surface area contributed by atoms with Gasteiger partial charge in [-0.2, -0.15) is 0 Å². The van der Waals surface area contributed by atoms with E-state index in [1.807, 2.05) is 26.8 Å². The first-order chi connectivity index (χ1) is 9.52. The van der Waals surface area contributed by atoms with Crippen LogP contribution in [-0.4, -0.2) is 18.4 Å². The van der Waals surface area contributed by atoms with E-state index in [2.05, 4.69) is 12.2 Å². The standard InChI is InChI=1S/C17H26O3/c1-4-5-8-14-10-16(18)11-15(14)12-17(19)20-9-6-7-13(2)3/h4-5,7,14-15H,6,8-12H2,1-3H3/b5-4-. The molecule has 2 unspecified atom stereocenters. The number of Topliss-reactive ketones (excluding diaryl/α,β-unsaturated/α-hetero) is 1. The van der Waals surface area contributed by atoms with Gasteiger partial charge in [0.05, 0.1) is 6.61 Å². The highest BCUT2D eigenvalue weighted by atomic mass is 16.5. The van der Waals surface area contributed by atoms with Crippen LogP contribution in [0.1, 0.15) is 52.9 Å². The largest absolute Gasteiger partial charge is 0.465 e. The highest BCUT2D eigenvalue weighted by molar-refractivity contribution is 5.82. The lowest BCUT2D eigenvalue weighted by atomic mass is 9.90. The predicted octanol–water partition coefficient (Wildman–Crippen LogP) is 3.84. The molecule has 1 saturated carbocycles. The van der Waals surface area contributed by atoms with E-state index in [0.717, 1.165) is 12.8 Å². The number of hydrogen-bond donors (Lipinski definition) is 0. The molecule has 3 nitrogen and oxygen atoms in total. The first-order valence-corrected chi connectivity index (χ1v) is 7.44. The van der Waals surface area contributed by atoms with E-state index >= 15 is 0 Å². The molecule has 0 saturated heterocycles. The summed E-state index contributed by atoms with van der Waals surface area (Å²) in [7, 11) is 0. The Balaban J connectivity index is 2.35. The maximum atomic E-state index is 11.8. The van der Waals surface area contributed by atoms with Crippen molar-refractivity contribution in [1.82, 2.24) is 0 Å². The summed E-state index contributed by atoms with van der Waals surface area (Å²) in [6.07, 6.45) is 9.31. The zero-order chi connectivity index (χ0) is 15.0. The number of ether oxygens (including phenoxy) is 1. The number of esters is 1. The average molecular weight is 278 g/mol. The Hall–Kier alpha value is -1.38. The molecule has 1 aliphatic rings. The Morgan fingerprint density at radius 1 is 1.30 bits per heavy atom. The number of carbonyl (C=O) groups excluding carboxylic acids is 2. The van der Waals surface area contributed by atoms with E-state index in [4.69, 9.17) is 4.74 Å². The molecule has 1 aliphatic carbocycles. The molecule has 112 valence electrons. The van der Waals surface area contributed by atoms with Crippen molar-refractivity contribution in [3.8, 4) is 0 Å². The maximum absolute atomic E-state index is 11.8. The molecule has 0 N–H and O–H groups in total. The first kappa shape index (κ1) is 16.7. The first-order valence-electron chi connectivity index (χ1n) is 7.44. The molecule has 0 spiro atoms. The highest BCUT2D eigenvalue weighted by Gasteiger charge is 2.33. The van der Waals surface area contributed by atoms with E-state index in [9.17, 15) is 9.59 Å². The van der Waals surface area contributed by atoms with Crippen molar-refractivity contribution in [1.29, 1.82) is 0 Å². The average Bonchev–Trinajstić information content (AvgIpc) is 2.72. The van der Waals surface area contributed by atoms with Crippen LogP contribution >= 0.6 is 0 Å². The Labute approximate surface area is 122 Å². The van der Waals surface area contributed by atoms with Crippen LogP contribution in [0.25, 0.3) is 0 Å². The number of rotatable bonds is 7. The van der Waals surface area contributed by atoms with Crippen molar-refractivity contribution in [2.24, 2.45) is 11.8 Å². The van der Waals surface area contributed by atoms with Crippen LogP contribution in [0.4, 0.5) is 0 Å². The molecule has 20 heavy (non-hydrogen) atoms. The van der Waals surface area contributed by atoms with Crippen LogP contribution in [-0.2, 0) is 14.3 Å². The van der Waals surface area contributed by atoms with Gasteiger partial charge in [0, 0.05) is 19.3 Å². The van der Waals surface area contributed by atoms with Crippen molar-refractivity contribution in [2.75, 3.05) is 6.61 Å². The molecular formula is C17H26O3. The monoisotopic (exact) mass is 278 g/mol. The molecule has 0 bridgehead atoms. The lowest BCUT2D eigenvalue weighted by molar-refractivity contribution is -0.144. The zero-order valence-corrected chi connectivity index (χ0v) is 12.9. The van der Waals surface area contributed by atoms with Gasteiger partial charge in [0.2, 0.25) is 0 Å². The second kappa shape index (κ2) is 8.72. The molecule has 0 heterocycles. The summed E-state index contributed by atoms with van der Waals surface area (Å²) < 4.78 is 5.23. The van der Waals surface area contributed by atoms with E-state index in [1.54, 1.807) is 0 Å². The third kappa shape index (κ3) is 6.18. The third-order valence-corrected chi connectivity index (χ3v) is 3.68. The van der Waals surface area contributed by atoms with Gasteiger partial charge in [-0.25, -0.2) is 0 Å². The molecule has 0 amide bonds. The van der Waals surface area contributed by atoms with E-state index in [-0.39, 0.29) is 17.7 Å². The van der Waals surface area contributed by atoms with Crippen LogP contribution in [0, 0.1) is 11.8 Å². The van der Waals surface area contributed by atoms with Crippen LogP contribution in [0.15, 0.2) is 23.8 Å². The SMILES string of the molecule is C/C=C\CC1CC(=O)CC1CC(=O)OCCC=C(C)C. The summed E-state index contributed by atoms with van der Waals surface area (Å²) in [4.78, 5) is 23.4. The van der Waals surface area contributed by atoms with Gasteiger partial charge in [0.1, 0.15) is 5.78 Å². The van der Waals surface area contributed by atoms with Gasteiger partial charge in [-0.05, 0) is 45.4 Å². The van der Waals surface area contributed by atoms with Gasteiger partial charge in [-0.1, -0.05) is 23.8 Å². The fraction of sp³-hybridized carbons (Fsp3) is 0.647. The molecule has 0 aromatic rings. The van der Waals surface area contributed by atoms with Crippen molar-refractivity contribution >= 4 is 11.8 Å². The fourth-order valence-corrected chi connectivity index (χ4v) is 2.62. The molecule has 1 fully saturated rings. The van der Waals surface area contributed by atoms with Gasteiger partial charge in [0.15, 0.2) is 0 Å². The molecule has 0 radical (unpaired) electrons. The van der Waals surface area contributed by atoms with Crippen molar-refractivity contribution in [3.63, 3.8) is 0 Å². The van der Waals surface area contributed by atoms with Gasteiger partial charge < -0.3 is 4.74 Å². The zero-order valence-electron chi connectivity index (χ0n) is 12.9. The quantitative estimate of drug-likeness (QED) is 0.404. The fourth-order valence-electron chi connectivity index (χ4n) is 2.62. The van der Waals surface area contributed by atoms with Crippen molar-refractivity contribution < 1.29 is 14.3 Å². The molecule has 0 aliphatic heterocycles. The van der Waals surface area contributed by atoms with E-state index < -0.39 is 0 Å². The molecule has 2 atom stereocenters. The topological polar surface area (TPSA) is 43.4 Å². The van der Waals surface area contributed by atoms with Gasteiger partial charge in [-0.3, -0.25) is 9.59 Å². The van der Waals surface area contributed by atoms with Crippen LogP contribution in [0.5, 0.6) is 0 Å². The van der Waals surface area contributed by atoms with Crippen LogP contribution in [0.3, 0.4) is 0 Å². The van der Waals surface area contributed by atoms with Gasteiger partial charge in [-0.15, -0.1) is 0 Å². The van der Waals surface area contributed by atoms with Crippen molar-refractivity contribution in [2.45, 2.75) is 52.9 Å². The summed E-state index contributed by atoms with van der Waals surface area (Å²) in [6, 6.07) is 0. The summed E-state index contributed by atoms with van der Waals surface area (Å²) in [5, 5.41) is 0. The molecule has 0 aromatic heterocycles. The predicted molar refractivity (Wildman–Crippen MR) is 80.3 cm³/mol. The second-order valence-corrected chi connectivity index (χ2v) is 5.77. The van der Waals surface area contributed by atoms with Crippen LogP contribution in [0.2, 0.25) is 0 Å². The molecule has 3 heteroatoms. The Kier molecular flexibility index (Phi) is 7.27. The van der Waals surface area contributed by atoms with Gasteiger partial charge in [0.25, 0.3) is 0 Å². The minimum absolute atomic E-state index is 0.162. The summed E-state index contributed by atoms with van der Waals surface area (Å²) in [6.45, 7) is 6.46. The maximum Gasteiger partial charge on any atom is 0.306 e. The molecule has 1 rings (SSSR count). The normalized spacial score (nSPS) is 22.2. The Morgan fingerprint density at radius 3 is 2.65 bits per heavy atom. The lowest BCUT2D eigenvalue weighted by Crippen LogP contribution is -2.15. The second-order valence-electron chi connectivity index (χ2n) is 5.77. The molecular weight excluding hydrogens is 252 g/mol. The van der Waals surface area contributed by atoms with Crippen LogP contribution < -0.4 is 0 Å². The lowest BCUT2D eigenvalue weighted by Gasteiger charge is -2.16. The summed E-state index contributed by atoms with van der Waals surface area (Å²) in [5.74, 6) is 0.581. The Bertz CT molecular complexity index is 389. The number of allylic oxidation sites excluding steroid dienone is 3. The number of ketones is 1. The summed E-state index contributed by atoms with van der Waals surface area (Å²) in [5.41, 5.74) is 1.23. The van der Waals surface area contributed by atoms with E-state index in [0.29, 0.717) is 31.8 Å². The summed E-state index contributed by atoms with van der Waals surface area (Å²) >= 11 is 0. The van der Waals surface area contributed by atoms with Gasteiger partial charge >= 0.3 is 5.97 Å². The third-order valence-electron chi connectivity index (χ3n) is 3.68. The van der Waals surface area contributed by atoms with E-state index in [1.165, 1.54) is 5.57 Å². The molecule has 0 aromatic carbocycles.